The number of nitrogens with one attached hydrogen (secondary N) is 1. The van der Waals surface area contributed by atoms with Crippen molar-refractivity contribution in [3.05, 3.63) is 56.9 Å². The maximum Gasteiger partial charge on any atom is 0.331 e. The number of esters is 1. The number of ether oxygens (including phenoxy) is 1. The smallest absolute Gasteiger partial charge is 0.331 e. The molecule has 6 nitrogen and oxygen atoms in total. The van der Waals surface area contributed by atoms with Crippen LogP contribution in [0.3, 0.4) is 0 Å². The highest BCUT2D eigenvalue weighted by molar-refractivity contribution is 7.14. The van der Waals surface area contributed by atoms with Crippen LogP contribution in [-0.2, 0) is 14.3 Å². The summed E-state index contributed by atoms with van der Waals surface area (Å²) in [4.78, 5) is 34.5. The Morgan fingerprint density at radius 2 is 1.96 bits per heavy atom. The molecule has 25 heavy (non-hydrogen) atoms. The number of rotatable bonds is 6. The van der Waals surface area contributed by atoms with E-state index in [0.717, 1.165) is 17.4 Å². The molecule has 0 fully saturated rings. The number of carbonyl (C=O) groups excluding carboxylic acids is 3. The molecule has 2 aromatic rings. The summed E-state index contributed by atoms with van der Waals surface area (Å²) in [5.74, 6) is -1.94. The number of halogens is 2. The van der Waals surface area contributed by atoms with Gasteiger partial charge in [-0.3, -0.25) is 9.59 Å². The van der Waals surface area contributed by atoms with Gasteiger partial charge in [0.25, 0.3) is 11.8 Å². The minimum atomic E-state index is -0.706. The third kappa shape index (κ3) is 5.60. The molecular formula is C16H12Cl2N2O4S. The van der Waals surface area contributed by atoms with Gasteiger partial charge >= 0.3 is 5.97 Å². The Morgan fingerprint density at radius 3 is 2.64 bits per heavy atom. The fourth-order valence-electron chi connectivity index (χ4n) is 1.73. The van der Waals surface area contributed by atoms with Gasteiger partial charge in [0.15, 0.2) is 6.61 Å². The molecule has 2 rings (SSSR count). The molecule has 3 N–H and O–H groups in total. The molecule has 130 valence electrons. The van der Waals surface area contributed by atoms with E-state index in [-0.39, 0.29) is 5.56 Å². The standard InChI is InChI=1S/C16H12Cl2N2O4S/c17-11-3-1-9(7-12(11)18)2-4-14(22)24-8-13(21)20-16-10(15(19)23)5-6-25-16/h1-7H,8H2,(H2,19,23)(H,20,21)/b4-2+. The average Bonchev–Trinajstić information content (AvgIpc) is 3.02. The number of carbonyl (C=O) groups is 3. The van der Waals surface area contributed by atoms with E-state index >= 15 is 0 Å². The summed E-state index contributed by atoms with van der Waals surface area (Å²) in [6, 6.07) is 6.35. The molecule has 0 aliphatic carbocycles. The number of thiophene rings is 1. The number of primary amides is 1. The van der Waals surface area contributed by atoms with Crippen LogP contribution in [0.15, 0.2) is 35.7 Å². The van der Waals surface area contributed by atoms with Crippen LogP contribution in [0.25, 0.3) is 6.08 Å². The lowest BCUT2D eigenvalue weighted by molar-refractivity contribution is -0.142. The van der Waals surface area contributed by atoms with Crippen LogP contribution in [0, 0.1) is 0 Å². The lowest BCUT2D eigenvalue weighted by atomic mass is 10.2. The van der Waals surface area contributed by atoms with Gasteiger partial charge < -0.3 is 15.8 Å². The van der Waals surface area contributed by atoms with E-state index in [1.165, 1.54) is 12.1 Å². The van der Waals surface area contributed by atoms with Gasteiger partial charge in [-0.15, -0.1) is 11.3 Å². The quantitative estimate of drug-likeness (QED) is 0.575. The monoisotopic (exact) mass is 398 g/mol. The van der Waals surface area contributed by atoms with Crippen molar-refractivity contribution in [2.24, 2.45) is 5.73 Å². The Morgan fingerprint density at radius 1 is 1.20 bits per heavy atom. The number of benzene rings is 1. The molecule has 0 spiro atoms. The summed E-state index contributed by atoms with van der Waals surface area (Å²) < 4.78 is 4.82. The number of amides is 2. The number of hydrogen-bond donors (Lipinski definition) is 2. The first-order valence-electron chi connectivity index (χ1n) is 6.84. The summed E-state index contributed by atoms with van der Waals surface area (Å²) >= 11 is 12.8. The Bertz CT molecular complexity index is 848. The largest absolute Gasteiger partial charge is 0.452 e. The van der Waals surface area contributed by atoms with E-state index in [4.69, 9.17) is 33.7 Å². The minimum absolute atomic E-state index is 0.198. The molecule has 1 aromatic heterocycles. The van der Waals surface area contributed by atoms with Crippen molar-refractivity contribution >= 4 is 63.4 Å². The molecule has 0 unspecified atom stereocenters. The summed E-state index contributed by atoms with van der Waals surface area (Å²) in [5, 5.41) is 5.14. The zero-order valence-corrected chi connectivity index (χ0v) is 15.0. The van der Waals surface area contributed by atoms with Crippen LogP contribution >= 0.6 is 34.5 Å². The molecule has 1 aromatic carbocycles. The van der Waals surface area contributed by atoms with Crippen LogP contribution in [0.2, 0.25) is 10.0 Å². The van der Waals surface area contributed by atoms with Crippen molar-refractivity contribution in [2.75, 3.05) is 11.9 Å². The van der Waals surface area contributed by atoms with Gasteiger partial charge in [-0.2, -0.15) is 0 Å². The van der Waals surface area contributed by atoms with Gasteiger partial charge in [0.1, 0.15) is 5.00 Å². The third-order valence-corrected chi connectivity index (χ3v) is 4.45. The van der Waals surface area contributed by atoms with E-state index in [1.54, 1.807) is 23.6 Å². The molecule has 1 heterocycles. The predicted octanol–water partition coefficient (Wildman–Crippen LogP) is 3.35. The molecule has 0 atom stereocenters. The SMILES string of the molecule is NC(=O)c1ccsc1NC(=O)COC(=O)/C=C/c1ccc(Cl)c(Cl)c1. The van der Waals surface area contributed by atoms with E-state index in [9.17, 15) is 14.4 Å². The zero-order chi connectivity index (χ0) is 18.4. The number of anilines is 1. The van der Waals surface area contributed by atoms with Crippen LogP contribution in [-0.4, -0.2) is 24.4 Å². The molecule has 0 saturated carbocycles. The van der Waals surface area contributed by atoms with Crippen LogP contribution in [0.4, 0.5) is 5.00 Å². The first-order chi connectivity index (χ1) is 11.9. The third-order valence-electron chi connectivity index (χ3n) is 2.88. The van der Waals surface area contributed by atoms with Crippen LogP contribution < -0.4 is 11.1 Å². The highest BCUT2D eigenvalue weighted by Crippen LogP contribution is 2.23. The normalized spacial score (nSPS) is 10.6. The van der Waals surface area contributed by atoms with E-state index in [2.05, 4.69) is 5.32 Å². The molecule has 0 saturated heterocycles. The second-order valence-electron chi connectivity index (χ2n) is 4.69. The number of hydrogen-bond acceptors (Lipinski definition) is 5. The summed E-state index contributed by atoms with van der Waals surface area (Å²) in [7, 11) is 0. The van der Waals surface area contributed by atoms with Gasteiger partial charge in [0.05, 0.1) is 15.6 Å². The van der Waals surface area contributed by atoms with Crippen molar-refractivity contribution in [2.45, 2.75) is 0 Å². The van der Waals surface area contributed by atoms with Crippen molar-refractivity contribution < 1.29 is 19.1 Å². The molecule has 9 heteroatoms. The Balaban J connectivity index is 1.85. The second-order valence-corrected chi connectivity index (χ2v) is 6.42. The van der Waals surface area contributed by atoms with Crippen molar-refractivity contribution in [3.63, 3.8) is 0 Å². The summed E-state index contributed by atoms with van der Waals surface area (Å²) in [5.41, 5.74) is 6.03. The molecule has 0 aliphatic heterocycles. The maximum atomic E-state index is 11.8. The second kappa shape index (κ2) is 8.66. The highest BCUT2D eigenvalue weighted by Gasteiger charge is 2.13. The Hall–Kier alpha value is -2.35. The summed E-state index contributed by atoms with van der Waals surface area (Å²) in [6.07, 6.45) is 2.64. The van der Waals surface area contributed by atoms with Gasteiger partial charge in [-0.05, 0) is 35.2 Å². The Kier molecular flexibility index (Phi) is 6.58. The van der Waals surface area contributed by atoms with Gasteiger partial charge in [-0.25, -0.2) is 4.79 Å². The fourth-order valence-corrected chi connectivity index (χ4v) is 2.84. The fraction of sp³-hybridized carbons (Fsp3) is 0.0625. The minimum Gasteiger partial charge on any atom is -0.452 e. The first kappa shape index (κ1) is 19.0. The van der Waals surface area contributed by atoms with E-state index < -0.39 is 24.4 Å². The van der Waals surface area contributed by atoms with Gasteiger partial charge in [-0.1, -0.05) is 29.3 Å². The maximum absolute atomic E-state index is 11.8. The predicted molar refractivity (Wildman–Crippen MR) is 97.9 cm³/mol. The first-order valence-corrected chi connectivity index (χ1v) is 8.47. The topological polar surface area (TPSA) is 98.5 Å². The van der Waals surface area contributed by atoms with Gasteiger partial charge in [0.2, 0.25) is 0 Å². The van der Waals surface area contributed by atoms with Crippen molar-refractivity contribution in [3.8, 4) is 0 Å². The van der Waals surface area contributed by atoms with E-state index in [1.807, 2.05) is 0 Å². The van der Waals surface area contributed by atoms with Crippen molar-refractivity contribution in [1.29, 1.82) is 0 Å². The van der Waals surface area contributed by atoms with Crippen LogP contribution in [0.5, 0.6) is 0 Å². The molecule has 0 radical (unpaired) electrons. The van der Waals surface area contributed by atoms with E-state index in [0.29, 0.717) is 20.6 Å². The molecule has 0 aliphatic rings. The lowest BCUT2D eigenvalue weighted by Gasteiger charge is -2.04. The average molecular weight is 399 g/mol. The van der Waals surface area contributed by atoms with Gasteiger partial charge in [0, 0.05) is 6.08 Å². The molecular weight excluding hydrogens is 387 g/mol. The highest BCUT2D eigenvalue weighted by atomic mass is 35.5. The van der Waals surface area contributed by atoms with Crippen LogP contribution in [0.1, 0.15) is 15.9 Å². The Labute approximate surface area is 157 Å². The summed E-state index contributed by atoms with van der Waals surface area (Å²) in [6.45, 7) is -0.499. The zero-order valence-electron chi connectivity index (χ0n) is 12.6. The molecule has 2 amide bonds. The van der Waals surface area contributed by atoms with Crippen molar-refractivity contribution in [1.82, 2.24) is 0 Å². The molecule has 0 bridgehead atoms. The number of nitrogens with two attached hydrogens (primary N) is 1. The lowest BCUT2D eigenvalue weighted by Crippen LogP contribution is -2.21.